The van der Waals surface area contributed by atoms with Gasteiger partial charge in [-0.05, 0) is 264 Å². The number of aromatic nitrogens is 18. The third-order valence-electron chi connectivity index (χ3n) is 22.1. The molecule has 0 bridgehead atoms. The highest BCUT2D eigenvalue weighted by molar-refractivity contribution is 9.12. The molecule has 0 spiro atoms. The molecule has 36 nitrogen and oxygen atoms in total. The van der Waals surface area contributed by atoms with Crippen molar-refractivity contribution in [3.8, 4) is 17.5 Å². The van der Waals surface area contributed by atoms with Crippen LogP contribution in [0.25, 0.3) is 17.5 Å². The zero-order valence-electron chi connectivity index (χ0n) is 76.7. The molecule has 6 unspecified atom stereocenters. The number of carboxylic acid groups (broad SMARTS) is 1. The average Bonchev–Trinajstić information content (AvgIpc) is 1.63. The smallest absolute Gasteiger partial charge is 0.323 e. The van der Waals surface area contributed by atoms with Crippen LogP contribution in [0.3, 0.4) is 0 Å². The van der Waals surface area contributed by atoms with Crippen molar-refractivity contribution in [2.45, 2.75) is 185 Å². The number of nitrogen functional groups attached to an aromatic ring is 2. The van der Waals surface area contributed by atoms with E-state index in [4.69, 9.17) is 79.8 Å². The summed E-state index contributed by atoms with van der Waals surface area (Å²) in [6.45, 7) is 11.9. The maximum atomic E-state index is 12.8. The Bertz CT molecular complexity index is 6030. The second-order valence-electron chi connectivity index (χ2n) is 32.1. The standard InChI is InChI=1S/2C19H19BrClN7O2.C11H13Br2NO.2C11H15BrN2O.C8H9Br2NO.C8H4ClN5O.C4H6O2/c1-10(30-2)15-13(20)9-22-16(11-3-4-11)17(15)27-19(29)26-12-7-14(21)18(23-8-12)28-24-5-6-25-28;1-10(30-2)15-14(9-22-17(16(15)20)11-3-4-11)27-19(29)26-12-7-13(21)18(23-8-12)28-24-5-6-25-28;1-6(15-2)9-8(12)5-14-11(10(9)13)7-3-4-7;1-6(15-2)9-8(13)5-14-11(10(9)12)7-3-4-7;1-6(15-2)9-8(12)5-14-11(10(9)13)7-3-4-7;1-5(12-2)8-6(9)3-11-4-7(8)10;9-7-3-6(11-5-15)4-10-8(7)14-12-1-2-13-14;5-4(6)3-1-2-3/h2*5-11H,3-4H2,1-2H3,(H2,26,27,29);5-7H,3-4H2,1-2H3;2*5-7H,3-4,13H2,1-2H3;3-5H,1-2H3;1-4H;3H,1-2H2,(H,5,6). The predicted octanol–water partition coefficient (Wildman–Crippen LogP) is 24.7. The SMILES string of the molecule is COC(C)c1c(Br)cnc(C2CC2)c1Br.COC(C)c1c(Br)cnc(C2CC2)c1N.COC(C)c1c(Br)cnc(C2CC2)c1NC(=O)Nc1cnc(-n2nccn2)c(Cl)c1.COC(C)c1c(Br)cncc1Br.COC(C)c1c(N)cnc(C2CC2)c1Br.COC(C)c1c(NC(=O)Nc2cnc(-n3nccn3)c(Cl)c2)cnc(C2CC2)c1Br.O=C(O)C1CC1.O=C=Nc1cnc(-n2nccn2)c(Cl)c1. The Morgan fingerprint density at radius 2 is 0.732 bits per heavy atom. The lowest BCUT2D eigenvalue weighted by molar-refractivity contribution is -0.138. The molecule has 18 rings (SSSR count). The molecule has 0 aromatic carbocycles. The van der Waals surface area contributed by atoms with E-state index in [1.165, 1.54) is 127 Å². The summed E-state index contributed by atoms with van der Waals surface area (Å²) in [5.41, 5.74) is 27.2. The van der Waals surface area contributed by atoms with Gasteiger partial charge in [-0.25, -0.2) is 29.3 Å². The molecule has 0 aliphatic heterocycles. The van der Waals surface area contributed by atoms with Gasteiger partial charge in [-0.1, -0.05) is 34.8 Å². The van der Waals surface area contributed by atoms with Gasteiger partial charge in [0.25, 0.3) is 0 Å². The van der Waals surface area contributed by atoms with Gasteiger partial charge in [0.15, 0.2) is 17.5 Å². The number of hydrogen-bond donors (Lipinski definition) is 7. The third kappa shape index (κ3) is 30.2. The van der Waals surface area contributed by atoms with E-state index in [1.54, 1.807) is 85.8 Å². The molecule has 6 fully saturated rings. The van der Waals surface area contributed by atoms with E-state index in [9.17, 15) is 19.2 Å². The third-order valence-corrected chi connectivity index (χ3v) is 28.6. The Kier molecular flexibility index (Phi) is 41.5. The number of nitrogens with one attached hydrogen (secondary N) is 4. The summed E-state index contributed by atoms with van der Waals surface area (Å²) >= 11 is 46.7. The number of methoxy groups -OCH3 is 6. The van der Waals surface area contributed by atoms with Gasteiger partial charge in [0, 0.05) is 172 Å². The molecule has 138 heavy (non-hydrogen) atoms. The Balaban J connectivity index is 0.000000157. The molecular weight excluding hydrogens is 2360 g/mol. The highest BCUT2D eigenvalue weighted by Gasteiger charge is 2.36. The van der Waals surface area contributed by atoms with Crippen molar-refractivity contribution in [3.05, 3.63) is 230 Å². The molecule has 0 radical (unpaired) electrons. The van der Waals surface area contributed by atoms with Gasteiger partial charge >= 0.3 is 18.0 Å². The number of pyridine rings is 9. The van der Waals surface area contributed by atoms with Crippen molar-refractivity contribution in [1.82, 2.24) is 89.8 Å². The van der Waals surface area contributed by atoms with Crippen molar-refractivity contribution >= 4 is 226 Å². The van der Waals surface area contributed by atoms with Crippen LogP contribution < -0.4 is 32.7 Å². The number of ether oxygens (including phenoxy) is 6. The van der Waals surface area contributed by atoms with Crippen molar-refractivity contribution in [1.29, 1.82) is 0 Å². The number of aliphatic imine (C=N–C) groups is 1. The monoisotopic (exact) mass is 2460 g/mol. The van der Waals surface area contributed by atoms with Gasteiger partial charge in [-0.3, -0.25) is 34.7 Å². The fourth-order valence-corrected chi connectivity index (χ4v) is 20.8. The molecule has 4 amide bonds. The van der Waals surface area contributed by atoms with Gasteiger partial charge in [0.05, 0.1) is 194 Å². The number of nitrogens with two attached hydrogens (primary N) is 2. The van der Waals surface area contributed by atoms with Crippen LogP contribution in [-0.2, 0) is 38.0 Å². The number of hydrogen-bond acceptors (Lipinski definition) is 28. The van der Waals surface area contributed by atoms with Crippen LogP contribution in [0.5, 0.6) is 0 Å². The minimum atomic E-state index is -0.630. The normalized spacial score (nSPS) is 15.2. The molecule has 12 heterocycles. The van der Waals surface area contributed by atoms with E-state index in [0.717, 1.165) is 136 Å². The molecule has 732 valence electrons. The molecule has 6 aliphatic carbocycles. The second-order valence-corrected chi connectivity index (χ2v) is 39.9. The summed E-state index contributed by atoms with van der Waals surface area (Å²) in [5.74, 6) is 3.14. The maximum Gasteiger partial charge on any atom is 0.323 e. The number of amides is 4. The van der Waals surface area contributed by atoms with Crippen LogP contribution in [0.1, 0.15) is 247 Å². The van der Waals surface area contributed by atoms with E-state index in [1.807, 2.05) is 53.9 Å². The van der Waals surface area contributed by atoms with E-state index in [2.05, 4.69) is 229 Å². The summed E-state index contributed by atoms with van der Waals surface area (Å²) in [4.78, 5) is 91.2. The fourth-order valence-electron chi connectivity index (χ4n) is 13.4. The molecule has 12 aromatic heterocycles. The Hall–Kier alpha value is -8.77. The first-order valence-electron chi connectivity index (χ1n) is 43.2. The largest absolute Gasteiger partial charge is 0.481 e. The molecule has 47 heteroatoms. The first-order chi connectivity index (χ1) is 66.2. The summed E-state index contributed by atoms with van der Waals surface area (Å²) in [6.07, 6.45) is 40.5. The molecule has 12 aromatic rings. The first kappa shape index (κ1) is 110. The van der Waals surface area contributed by atoms with E-state index < -0.39 is 18.0 Å². The minimum Gasteiger partial charge on any atom is -0.481 e. The van der Waals surface area contributed by atoms with Gasteiger partial charge in [0.1, 0.15) is 0 Å². The van der Waals surface area contributed by atoms with E-state index >= 15 is 0 Å². The van der Waals surface area contributed by atoms with Crippen molar-refractivity contribution < 1.29 is 52.7 Å². The molecule has 9 N–H and O–H groups in total. The Morgan fingerprint density at radius 1 is 0.399 bits per heavy atom. The van der Waals surface area contributed by atoms with Gasteiger partial charge in [0.2, 0.25) is 6.08 Å². The van der Waals surface area contributed by atoms with Crippen LogP contribution in [0.2, 0.25) is 15.1 Å². The maximum absolute atomic E-state index is 12.8. The van der Waals surface area contributed by atoms with E-state index in [-0.39, 0.29) is 42.5 Å². The quantitative estimate of drug-likeness (QED) is 0.0195. The number of halogens is 11. The zero-order chi connectivity index (χ0) is 99.9. The number of isocyanates is 1. The Morgan fingerprint density at radius 3 is 1.14 bits per heavy atom. The number of carboxylic acids is 1. The molecule has 6 saturated carbocycles. The minimum absolute atomic E-state index is 0.000116. The van der Waals surface area contributed by atoms with Crippen molar-refractivity contribution in [3.63, 3.8) is 0 Å². The zero-order valence-corrected chi connectivity index (χ0v) is 91.7. The lowest BCUT2D eigenvalue weighted by Crippen LogP contribution is -2.22. The number of rotatable bonds is 26. The van der Waals surface area contributed by atoms with Crippen LogP contribution in [-0.4, -0.2) is 162 Å². The molecule has 6 atom stereocenters. The summed E-state index contributed by atoms with van der Waals surface area (Å²) in [7, 11) is 10.0. The van der Waals surface area contributed by atoms with Crippen LogP contribution in [0.15, 0.2) is 158 Å². The number of aliphatic carboxylic acids is 1. The Labute approximate surface area is 879 Å². The fraction of sp³-hybridized carbons (Fsp3) is 0.396. The van der Waals surface area contributed by atoms with Gasteiger partial charge < -0.3 is 66.3 Å². The molecule has 6 aliphatic rings. The highest BCUT2D eigenvalue weighted by atomic mass is 79.9. The van der Waals surface area contributed by atoms with E-state index in [0.29, 0.717) is 96.2 Å². The molecular formula is C91H100Br8Cl3N25O11. The number of nitrogens with zero attached hydrogens (tertiary/aromatic N) is 19. The number of carbonyl (C=O) groups excluding carboxylic acids is 3. The first-order valence-corrected chi connectivity index (χ1v) is 50.7. The molecule has 0 saturated heterocycles. The number of anilines is 6. The lowest BCUT2D eigenvalue weighted by atomic mass is 10.1. The summed E-state index contributed by atoms with van der Waals surface area (Å²) < 4.78 is 39.9. The predicted molar refractivity (Wildman–Crippen MR) is 554 cm³/mol. The topological polar surface area (TPSA) is 465 Å². The number of carbonyl (C=O) groups is 3. The second kappa shape index (κ2) is 52.3. The summed E-state index contributed by atoms with van der Waals surface area (Å²) in [6, 6.07) is 3.78. The highest BCUT2D eigenvalue weighted by Crippen LogP contribution is 2.51. The van der Waals surface area contributed by atoms with Crippen molar-refractivity contribution in [2.24, 2.45) is 10.9 Å². The average molecular weight is 2470 g/mol. The number of urea groups is 2. The van der Waals surface area contributed by atoms with Crippen LogP contribution in [0, 0.1) is 5.92 Å². The van der Waals surface area contributed by atoms with Crippen LogP contribution in [0.4, 0.5) is 49.4 Å². The van der Waals surface area contributed by atoms with Crippen molar-refractivity contribution in [2.75, 3.05) is 75.4 Å². The summed E-state index contributed by atoms with van der Waals surface area (Å²) in [5, 5.41) is 44.0. The van der Waals surface area contributed by atoms with Gasteiger partial charge in [-0.2, -0.15) is 35.6 Å². The van der Waals surface area contributed by atoms with Crippen LogP contribution >= 0.6 is 162 Å². The van der Waals surface area contributed by atoms with Gasteiger partial charge in [-0.15, -0.1) is 14.4 Å². The lowest BCUT2D eigenvalue weighted by Gasteiger charge is -2.20.